The Morgan fingerprint density at radius 1 is 1.00 bits per heavy atom. The molecule has 0 radical (unpaired) electrons. The molecule has 1 fully saturated rings. The molecule has 1 saturated carbocycles. The first-order chi connectivity index (χ1) is 15.4. The van der Waals surface area contributed by atoms with E-state index in [0.29, 0.717) is 67.1 Å². The second-order valence-electron chi connectivity index (χ2n) is 7.84. The standard InChI is InChI=1S/C24H27ClN2O5/c25-20-4-1-2-5-21(20)27-24(31)26-15-3-6-22(28)16-7-11-18(12-8-16)32-19-13-9-17(10-14-19)23(29)30/h1-2,4-5,7-8,11-12,17,19H,3,6,9-10,13-15H2,(H,29,30)(H2,26,27,31). The predicted molar refractivity (Wildman–Crippen MR) is 122 cm³/mol. The third kappa shape index (κ3) is 6.99. The Hall–Kier alpha value is -3.06. The van der Waals surface area contributed by atoms with Crippen molar-refractivity contribution in [3.8, 4) is 5.75 Å². The topological polar surface area (TPSA) is 105 Å². The van der Waals surface area contributed by atoms with E-state index in [0.717, 1.165) is 0 Å². The fraction of sp³-hybridized carbons (Fsp3) is 0.375. The number of para-hydroxylation sites is 1. The van der Waals surface area contributed by atoms with Gasteiger partial charge in [-0.05, 0) is 68.5 Å². The number of rotatable bonds is 9. The summed E-state index contributed by atoms with van der Waals surface area (Å²) in [5.74, 6) is -0.334. The monoisotopic (exact) mass is 458 g/mol. The van der Waals surface area contributed by atoms with Crippen LogP contribution in [-0.4, -0.2) is 35.5 Å². The van der Waals surface area contributed by atoms with E-state index in [-0.39, 0.29) is 23.8 Å². The van der Waals surface area contributed by atoms with Crippen LogP contribution in [0.2, 0.25) is 5.02 Å². The summed E-state index contributed by atoms with van der Waals surface area (Å²) >= 11 is 6.00. The van der Waals surface area contributed by atoms with Crippen molar-refractivity contribution in [3.05, 3.63) is 59.1 Å². The molecular formula is C24H27ClN2O5. The zero-order valence-corrected chi connectivity index (χ0v) is 18.4. The first-order valence-corrected chi connectivity index (χ1v) is 11.1. The number of amides is 2. The zero-order valence-electron chi connectivity index (χ0n) is 17.7. The molecule has 2 amide bonds. The van der Waals surface area contributed by atoms with Gasteiger partial charge in [0, 0.05) is 18.5 Å². The molecule has 0 aromatic heterocycles. The lowest BCUT2D eigenvalue weighted by Gasteiger charge is -2.26. The number of Topliss-reactive ketones (excluding diaryl/α,β-unsaturated/α-hetero) is 1. The van der Waals surface area contributed by atoms with Crippen molar-refractivity contribution in [1.29, 1.82) is 0 Å². The molecule has 0 spiro atoms. The van der Waals surface area contributed by atoms with Crippen LogP contribution in [-0.2, 0) is 4.79 Å². The number of halogens is 1. The van der Waals surface area contributed by atoms with Crippen molar-refractivity contribution in [1.82, 2.24) is 5.32 Å². The number of hydrogen-bond donors (Lipinski definition) is 3. The Balaban J connectivity index is 1.36. The number of carbonyl (C=O) groups is 3. The number of urea groups is 1. The Morgan fingerprint density at radius 2 is 1.69 bits per heavy atom. The van der Waals surface area contributed by atoms with Crippen LogP contribution in [0.25, 0.3) is 0 Å². The van der Waals surface area contributed by atoms with Gasteiger partial charge in [-0.2, -0.15) is 0 Å². The number of ketones is 1. The number of carboxylic acid groups (broad SMARTS) is 1. The van der Waals surface area contributed by atoms with Crippen molar-refractivity contribution >= 4 is 35.1 Å². The van der Waals surface area contributed by atoms with Crippen LogP contribution in [0.3, 0.4) is 0 Å². The van der Waals surface area contributed by atoms with Crippen molar-refractivity contribution < 1.29 is 24.2 Å². The average molecular weight is 459 g/mol. The van der Waals surface area contributed by atoms with E-state index >= 15 is 0 Å². The maximum Gasteiger partial charge on any atom is 0.319 e. The molecule has 0 bridgehead atoms. The maximum atomic E-state index is 12.4. The largest absolute Gasteiger partial charge is 0.490 e. The van der Waals surface area contributed by atoms with Gasteiger partial charge in [0.25, 0.3) is 0 Å². The molecule has 2 aromatic carbocycles. The van der Waals surface area contributed by atoms with Crippen LogP contribution >= 0.6 is 11.6 Å². The van der Waals surface area contributed by atoms with Gasteiger partial charge in [0.15, 0.2) is 5.78 Å². The van der Waals surface area contributed by atoms with E-state index in [1.54, 1.807) is 48.5 Å². The number of hydrogen-bond acceptors (Lipinski definition) is 4. The highest BCUT2D eigenvalue weighted by Crippen LogP contribution is 2.28. The Labute approximate surface area is 192 Å². The van der Waals surface area contributed by atoms with Crippen LogP contribution in [0.15, 0.2) is 48.5 Å². The van der Waals surface area contributed by atoms with Gasteiger partial charge in [0.05, 0.1) is 22.7 Å². The van der Waals surface area contributed by atoms with Crippen LogP contribution in [0.1, 0.15) is 48.9 Å². The minimum Gasteiger partial charge on any atom is -0.490 e. The van der Waals surface area contributed by atoms with Gasteiger partial charge >= 0.3 is 12.0 Å². The summed E-state index contributed by atoms with van der Waals surface area (Å²) in [5.41, 5.74) is 1.12. The summed E-state index contributed by atoms with van der Waals surface area (Å²) in [7, 11) is 0. The maximum absolute atomic E-state index is 12.4. The Bertz CT molecular complexity index is 940. The van der Waals surface area contributed by atoms with Gasteiger partial charge in [0.2, 0.25) is 0 Å². The predicted octanol–water partition coefficient (Wildman–Crippen LogP) is 5.15. The molecule has 0 unspecified atom stereocenters. The van der Waals surface area contributed by atoms with Crippen LogP contribution < -0.4 is 15.4 Å². The van der Waals surface area contributed by atoms with E-state index in [9.17, 15) is 14.4 Å². The highest BCUT2D eigenvalue weighted by molar-refractivity contribution is 6.33. The minimum atomic E-state index is -0.734. The SMILES string of the molecule is O=C(NCCCC(=O)c1ccc(OC2CCC(C(=O)O)CC2)cc1)Nc1ccccc1Cl. The normalized spacial score (nSPS) is 17.9. The van der Waals surface area contributed by atoms with Crippen molar-refractivity contribution in [2.75, 3.05) is 11.9 Å². The lowest BCUT2D eigenvalue weighted by atomic mass is 9.87. The van der Waals surface area contributed by atoms with Crippen LogP contribution in [0.4, 0.5) is 10.5 Å². The summed E-state index contributed by atoms with van der Waals surface area (Å²) in [4.78, 5) is 35.3. The summed E-state index contributed by atoms with van der Waals surface area (Å²) in [6.45, 7) is 0.363. The molecule has 7 nitrogen and oxygen atoms in total. The molecule has 8 heteroatoms. The van der Waals surface area contributed by atoms with Crippen molar-refractivity contribution in [2.45, 2.75) is 44.6 Å². The van der Waals surface area contributed by atoms with E-state index < -0.39 is 5.97 Å². The molecule has 0 saturated heterocycles. The van der Waals surface area contributed by atoms with Gasteiger partial charge in [-0.1, -0.05) is 23.7 Å². The first-order valence-electron chi connectivity index (χ1n) is 10.7. The summed E-state index contributed by atoms with van der Waals surface area (Å²) in [6.07, 6.45) is 3.52. The fourth-order valence-corrected chi connectivity index (χ4v) is 3.85. The smallest absolute Gasteiger partial charge is 0.319 e. The molecule has 0 heterocycles. The summed E-state index contributed by atoms with van der Waals surface area (Å²) < 4.78 is 5.93. The third-order valence-electron chi connectivity index (χ3n) is 5.49. The molecule has 0 aliphatic heterocycles. The molecule has 170 valence electrons. The minimum absolute atomic E-state index is 0.00757. The highest BCUT2D eigenvalue weighted by Gasteiger charge is 2.26. The van der Waals surface area contributed by atoms with Gasteiger partial charge < -0.3 is 20.5 Å². The Kier molecular flexibility index (Phi) is 8.50. The number of anilines is 1. The molecule has 1 aliphatic carbocycles. The number of carbonyl (C=O) groups excluding carboxylic acids is 2. The van der Waals surface area contributed by atoms with Crippen molar-refractivity contribution in [2.24, 2.45) is 5.92 Å². The number of carboxylic acids is 1. The van der Waals surface area contributed by atoms with Gasteiger partial charge in [0.1, 0.15) is 5.75 Å². The molecule has 2 aromatic rings. The van der Waals surface area contributed by atoms with Gasteiger partial charge in [-0.25, -0.2) is 4.79 Å². The third-order valence-corrected chi connectivity index (χ3v) is 5.82. The molecular weight excluding hydrogens is 432 g/mol. The number of benzene rings is 2. The number of ether oxygens (including phenoxy) is 1. The first kappa shape index (κ1) is 23.6. The molecule has 32 heavy (non-hydrogen) atoms. The van der Waals surface area contributed by atoms with E-state index in [1.807, 2.05) is 0 Å². The Morgan fingerprint density at radius 3 is 2.34 bits per heavy atom. The van der Waals surface area contributed by atoms with Crippen LogP contribution in [0, 0.1) is 5.92 Å². The van der Waals surface area contributed by atoms with E-state index in [4.69, 9.17) is 21.4 Å². The summed E-state index contributed by atoms with van der Waals surface area (Å²) in [5, 5.41) is 14.9. The van der Waals surface area contributed by atoms with Gasteiger partial charge in [-0.15, -0.1) is 0 Å². The lowest BCUT2D eigenvalue weighted by molar-refractivity contribution is -0.143. The summed E-state index contributed by atoms with van der Waals surface area (Å²) in [6, 6.07) is 13.6. The second kappa shape index (κ2) is 11.5. The van der Waals surface area contributed by atoms with Crippen LogP contribution in [0.5, 0.6) is 5.75 Å². The second-order valence-corrected chi connectivity index (χ2v) is 8.25. The van der Waals surface area contributed by atoms with E-state index in [1.165, 1.54) is 0 Å². The van der Waals surface area contributed by atoms with Gasteiger partial charge in [-0.3, -0.25) is 9.59 Å². The molecule has 3 N–H and O–H groups in total. The molecule has 0 atom stereocenters. The lowest BCUT2D eigenvalue weighted by Crippen LogP contribution is -2.29. The average Bonchev–Trinajstić information content (AvgIpc) is 2.79. The number of aliphatic carboxylic acids is 1. The highest BCUT2D eigenvalue weighted by atomic mass is 35.5. The molecule has 1 aliphatic rings. The zero-order chi connectivity index (χ0) is 22.9. The van der Waals surface area contributed by atoms with E-state index in [2.05, 4.69) is 10.6 Å². The van der Waals surface area contributed by atoms with Crippen molar-refractivity contribution in [3.63, 3.8) is 0 Å². The quantitative estimate of drug-likeness (QED) is 0.356. The fourth-order valence-electron chi connectivity index (χ4n) is 3.66. The molecule has 3 rings (SSSR count). The number of nitrogens with one attached hydrogen (secondary N) is 2.